The van der Waals surface area contributed by atoms with Crippen molar-refractivity contribution in [3.63, 3.8) is 0 Å². The molecule has 7 rings (SSSR count). The Bertz CT molecular complexity index is 3850. The second-order valence-corrected chi connectivity index (χ2v) is 28.1. The quantitative estimate of drug-likeness (QED) is 0.00841. The monoisotopic (exact) mass is 1730 g/mol. The normalized spacial score (nSPS) is 11.3. The number of aliphatic hydroxyl groups excluding tert-OH is 3. The van der Waals surface area contributed by atoms with Crippen LogP contribution in [-0.2, 0) is 56.8 Å². The van der Waals surface area contributed by atoms with E-state index in [-0.39, 0.29) is 82.7 Å². The van der Waals surface area contributed by atoms with Gasteiger partial charge in [0.15, 0.2) is 5.78 Å². The fourth-order valence-corrected chi connectivity index (χ4v) is 11.5. The molecule has 0 fully saturated rings. The van der Waals surface area contributed by atoms with Gasteiger partial charge in [-0.05, 0) is 243 Å². The lowest BCUT2D eigenvalue weighted by atomic mass is 10.0. The van der Waals surface area contributed by atoms with Gasteiger partial charge < -0.3 is 53.6 Å². The molecule has 0 radical (unpaired) electrons. The summed E-state index contributed by atoms with van der Waals surface area (Å²) >= 11 is 7.69. The van der Waals surface area contributed by atoms with Crippen molar-refractivity contribution in [2.24, 2.45) is 29.6 Å². The van der Waals surface area contributed by atoms with E-state index in [1.165, 1.54) is 48.6 Å². The number of carbonyl (C=O) groups excluding carboxylic acids is 7. The zero-order valence-electron chi connectivity index (χ0n) is 68.0. The van der Waals surface area contributed by atoms with Crippen molar-refractivity contribution < 1.29 is 127 Å². The van der Waals surface area contributed by atoms with Crippen molar-refractivity contribution in [2.75, 3.05) is 78.1 Å². The molecule has 660 valence electrons. The first kappa shape index (κ1) is 115. The van der Waals surface area contributed by atoms with Crippen LogP contribution in [0.1, 0.15) is 155 Å². The summed E-state index contributed by atoms with van der Waals surface area (Å²) in [5.74, 6) is 5.83. The molecule has 0 spiro atoms. The third kappa shape index (κ3) is 52.7. The number of thioether (sulfide) groups is 2. The first-order valence-corrected chi connectivity index (χ1v) is 39.4. The van der Waals surface area contributed by atoms with E-state index >= 15 is 0 Å². The molecule has 4 atom stereocenters. The molecule has 118 heavy (non-hydrogen) atoms. The highest BCUT2D eigenvalue weighted by molar-refractivity contribution is 7.99. The van der Waals surface area contributed by atoms with E-state index in [9.17, 15) is 53.9 Å². The molecular weight excluding hydrogens is 1610 g/mol. The van der Waals surface area contributed by atoms with Crippen LogP contribution < -0.4 is 28.4 Å². The Kier molecular flexibility index (Phi) is 64.4. The van der Waals surface area contributed by atoms with Crippen LogP contribution in [0.3, 0.4) is 0 Å². The summed E-state index contributed by atoms with van der Waals surface area (Å²) in [6, 6.07) is 39.1. The molecule has 7 aromatic rings. The number of phenolic OH excluding ortho intramolecular Hbond substituents is 1. The van der Waals surface area contributed by atoms with Gasteiger partial charge in [0.25, 0.3) is 0 Å². The fraction of sp³-hybridized carbons (Fsp3) is 0.466. The van der Waals surface area contributed by atoms with Crippen LogP contribution in [0.4, 0.5) is 39.5 Å². The van der Waals surface area contributed by atoms with Gasteiger partial charge in [-0.15, -0.1) is 36.2 Å². The van der Waals surface area contributed by atoms with Gasteiger partial charge in [-0.1, -0.05) is 74.1 Å². The Morgan fingerprint density at radius 1 is 0.458 bits per heavy atom. The van der Waals surface area contributed by atoms with Crippen LogP contribution in [-0.4, -0.2) is 128 Å². The molecule has 18 nitrogen and oxygen atoms in total. The number of phenols is 1. The van der Waals surface area contributed by atoms with E-state index in [0.717, 1.165) is 142 Å². The summed E-state index contributed by atoms with van der Waals surface area (Å²) in [5.41, 5.74) is 2.35. The number of esters is 1. The topological polar surface area (TPSA) is 265 Å². The standard InChI is InChI=1S/C22H27F3O2S.C20H23F3O2S.C12H18O2.C10H12O2S.C8H14O3.C7H5F3O.C5H12O2.2CO2.2CH4/c1-4-12-26-21-11-10-20(13-16(21)3)28-15-17(5-2)14-27-19-8-6-18(7-9-19)22(23,24)25;1-4-15(13-26-18-9-10-19(24-3)14(2)11-18)12-25-17-7-5-16(6-8-17)20(21,22)23;1-3-11(8-13)9-14-12-6-4-10(2)5-7-12;1-7-5-9(13)3-4-10(7)12-6-8(2)11;1-4-7(6(3)9)8(10)11-5-2;8-7(9,10)5-1-3-6(11)4-2-5;1-2-5(3-6)4-7;2*2-1-3;;/h6-11,13,17H,4-5,12,14-15H2,1-3H3;5-11,15H,4,12-13H2,1-3H3;4-7,11,13H,3,8-9H2,1-2H3;3-5,13H,6H2,1-2H3;7H,4-5H2,1-3H3;1-4,11H;5-7H,2-4H2,1H3;;;2*1H4. The molecule has 0 saturated carbocycles. The number of alkyl halides is 9. The van der Waals surface area contributed by atoms with Gasteiger partial charge in [-0.25, -0.2) is 0 Å². The fourth-order valence-electron chi connectivity index (χ4n) is 8.88. The Balaban J connectivity index is -0.000000661. The summed E-state index contributed by atoms with van der Waals surface area (Å²) in [5, 5.41) is 34.4. The molecule has 0 heterocycles. The lowest BCUT2D eigenvalue weighted by Crippen LogP contribution is -2.23. The number of hydrogen-bond acceptors (Lipinski definition) is 21. The summed E-state index contributed by atoms with van der Waals surface area (Å²) in [6.45, 7) is 27.8. The molecule has 0 amide bonds. The Morgan fingerprint density at radius 3 is 1.11 bits per heavy atom. The van der Waals surface area contributed by atoms with Gasteiger partial charge in [-0.2, -0.15) is 58.7 Å². The van der Waals surface area contributed by atoms with E-state index in [1.807, 2.05) is 95.3 Å². The van der Waals surface area contributed by atoms with Crippen LogP contribution in [0.2, 0.25) is 0 Å². The molecule has 4 N–H and O–H groups in total. The maximum Gasteiger partial charge on any atom is 0.416 e. The number of hydrogen-bond donors (Lipinski definition) is 5. The molecular formula is C88H119F9O18S3. The Morgan fingerprint density at radius 2 is 0.805 bits per heavy atom. The van der Waals surface area contributed by atoms with Crippen LogP contribution in [0.15, 0.2) is 166 Å². The van der Waals surface area contributed by atoms with Gasteiger partial charge in [0.05, 0.1) is 56.8 Å². The third-order valence-corrected chi connectivity index (χ3v) is 18.9. The zero-order chi connectivity index (χ0) is 88.4. The van der Waals surface area contributed by atoms with Crippen molar-refractivity contribution in [3.8, 4) is 40.2 Å². The van der Waals surface area contributed by atoms with Gasteiger partial charge in [0.2, 0.25) is 0 Å². The van der Waals surface area contributed by atoms with Crippen LogP contribution >= 0.6 is 36.2 Å². The number of rotatable bonds is 33. The molecule has 0 aromatic heterocycles. The molecule has 30 heteroatoms. The van der Waals surface area contributed by atoms with E-state index in [0.29, 0.717) is 62.8 Å². The summed E-state index contributed by atoms with van der Waals surface area (Å²) in [7, 11) is 1.65. The largest absolute Gasteiger partial charge is 0.508 e. The SMILES string of the molecule is C.C.CC(=O)COc1ccc(S)cc1C.CCC(CO)CO.CCC(CO)COc1ccc(C)cc1.CCC(COc1ccc(C(F)(F)F)cc1)CSc1ccc(OC)c(C)c1.CCCOc1ccc(SCC(CC)COc2ccc(C(F)(F)F)cc2)cc1C.CCOC(=O)C(CC)C(C)=O.O=C=O.O=C=O.Oc1ccc(C(F)(F)F)cc1. The minimum absolute atomic E-state index is 0. The van der Waals surface area contributed by atoms with Crippen LogP contribution in [0.5, 0.6) is 40.2 Å². The molecule has 7 aromatic carbocycles. The highest BCUT2D eigenvalue weighted by atomic mass is 32.2. The minimum Gasteiger partial charge on any atom is -0.508 e. The number of aliphatic hydroxyl groups is 3. The number of aryl methyl sites for hydroxylation is 4. The van der Waals surface area contributed by atoms with Crippen molar-refractivity contribution in [1.29, 1.82) is 0 Å². The number of benzene rings is 7. The van der Waals surface area contributed by atoms with E-state index in [1.54, 1.807) is 44.5 Å². The zero-order valence-corrected chi connectivity index (χ0v) is 70.5. The summed E-state index contributed by atoms with van der Waals surface area (Å²) < 4.78 is 149. The summed E-state index contributed by atoms with van der Waals surface area (Å²) in [6.07, 6.45) is -7.30. The predicted molar refractivity (Wildman–Crippen MR) is 445 cm³/mol. The number of aromatic hydroxyl groups is 1. The minimum atomic E-state index is -4.33. The Labute approximate surface area is 704 Å². The van der Waals surface area contributed by atoms with E-state index in [2.05, 4.69) is 58.5 Å². The molecule has 0 aliphatic heterocycles. The number of Topliss-reactive ketones (excluding diaryl/α,β-unsaturated/α-hetero) is 2. The molecule has 0 saturated heterocycles. The van der Waals surface area contributed by atoms with Gasteiger partial charge in [0, 0.05) is 69.7 Å². The molecule has 0 aliphatic carbocycles. The molecule has 0 bridgehead atoms. The van der Waals surface area contributed by atoms with Crippen LogP contribution in [0.25, 0.3) is 0 Å². The van der Waals surface area contributed by atoms with E-state index < -0.39 is 47.1 Å². The first-order valence-electron chi connectivity index (χ1n) is 37.0. The number of thiol groups is 1. The first-order chi connectivity index (χ1) is 54.8. The Hall–Kier alpha value is -8.99. The van der Waals surface area contributed by atoms with Crippen LogP contribution in [0, 0.1) is 57.3 Å². The van der Waals surface area contributed by atoms with Crippen molar-refractivity contribution in [3.05, 3.63) is 191 Å². The number of methoxy groups -OCH3 is 1. The van der Waals surface area contributed by atoms with Crippen molar-refractivity contribution in [2.45, 2.75) is 177 Å². The third-order valence-electron chi connectivity index (χ3n) is 16.1. The average molecular weight is 1730 g/mol. The highest BCUT2D eigenvalue weighted by Gasteiger charge is 2.32. The lowest BCUT2D eigenvalue weighted by Gasteiger charge is -2.17. The number of halogens is 9. The summed E-state index contributed by atoms with van der Waals surface area (Å²) in [4.78, 5) is 68.2. The van der Waals surface area contributed by atoms with Gasteiger partial charge in [-0.3, -0.25) is 14.4 Å². The second kappa shape index (κ2) is 65.9. The van der Waals surface area contributed by atoms with E-state index in [4.69, 9.17) is 72.8 Å². The second-order valence-electron chi connectivity index (χ2n) is 25.4. The highest BCUT2D eigenvalue weighted by Crippen LogP contribution is 2.35. The lowest BCUT2D eigenvalue weighted by molar-refractivity contribution is -0.193. The maximum atomic E-state index is 12.6. The van der Waals surface area contributed by atoms with Gasteiger partial charge in [0.1, 0.15) is 58.6 Å². The number of ether oxygens (including phenoxy) is 7. The predicted octanol–water partition coefficient (Wildman–Crippen LogP) is 21.5. The maximum absolute atomic E-state index is 12.6. The smallest absolute Gasteiger partial charge is 0.416 e. The number of ketones is 2. The number of carbonyl (C=O) groups is 3. The average Bonchev–Trinajstić information content (AvgIpc) is 0.856. The molecule has 0 aliphatic rings. The van der Waals surface area contributed by atoms with Gasteiger partial charge >= 0.3 is 36.8 Å². The van der Waals surface area contributed by atoms with Crippen molar-refractivity contribution in [1.82, 2.24) is 0 Å². The van der Waals surface area contributed by atoms with Crippen molar-refractivity contribution >= 4 is 66.0 Å². The molecule has 4 unspecified atom stereocenters.